The molecular weight excluding hydrogens is 486 g/mol. The summed E-state index contributed by atoms with van der Waals surface area (Å²) in [6, 6.07) is 6.82. The van der Waals surface area contributed by atoms with Gasteiger partial charge in [0.05, 0.1) is 14.2 Å². The Labute approximate surface area is 216 Å². The van der Waals surface area contributed by atoms with Crippen LogP contribution >= 0.6 is 0 Å². The van der Waals surface area contributed by atoms with Gasteiger partial charge in [-0.25, -0.2) is 19.2 Å². The maximum absolute atomic E-state index is 12.8. The van der Waals surface area contributed by atoms with Gasteiger partial charge in [0.2, 0.25) is 5.91 Å². The molecule has 0 aromatic heterocycles. The van der Waals surface area contributed by atoms with E-state index in [0.29, 0.717) is 0 Å². The summed E-state index contributed by atoms with van der Waals surface area (Å²) in [6.45, 7) is 6.39. The van der Waals surface area contributed by atoms with Crippen LogP contribution in [0.25, 0.3) is 0 Å². The van der Waals surface area contributed by atoms with E-state index in [2.05, 4.69) is 25.4 Å². The minimum absolute atomic E-state index is 0.0172. The average molecular weight is 522 g/mol. The fraction of sp³-hybridized carbons (Fsp3) is 0.480. The van der Waals surface area contributed by atoms with E-state index in [-0.39, 0.29) is 25.1 Å². The van der Waals surface area contributed by atoms with Gasteiger partial charge in [0.25, 0.3) is 0 Å². The summed E-state index contributed by atoms with van der Waals surface area (Å²) in [6.07, 6.45) is -0.371. The maximum Gasteiger partial charge on any atom is 0.412 e. The Morgan fingerprint density at radius 2 is 1.59 bits per heavy atom. The number of hydrogen-bond donors (Lipinski definition) is 3. The highest BCUT2D eigenvalue weighted by Crippen LogP contribution is 2.09. The predicted molar refractivity (Wildman–Crippen MR) is 132 cm³/mol. The molecule has 0 aliphatic carbocycles. The molecule has 1 aromatic carbocycles. The second kappa shape index (κ2) is 15.1. The zero-order valence-corrected chi connectivity index (χ0v) is 21.9. The number of allylic oxidation sites excluding steroid dienone is 1. The number of hydrogen-bond acceptors (Lipinski definition) is 9. The molecule has 0 spiro atoms. The monoisotopic (exact) mass is 521 g/mol. The normalized spacial score (nSPS) is 12.9. The van der Waals surface area contributed by atoms with Crippen LogP contribution in [-0.4, -0.2) is 61.9 Å². The fourth-order valence-corrected chi connectivity index (χ4v) is 2.83. The summed E-state index contributed by atoms with van der Waals surface area (Å²) in [5.74, 6) is -2.18. The third kappa shape index (κ3) is 12.4. The third-order valence-corrected chi connectivity index (χ3v) is 4.58. The van der Waals surface area contributed by atoms with Crippen molar-refractivity contribution < 1.29 is 42.9 Å². The number of ether oxygens (including phenoxy) is 4. The molecule has 0 radical (unpaired) electrons. The molecule has 0 saturated heterocycles. The summed E-state index contributed by atoms with van der Waals surface area (Å²) < 4.78 is 19.6. The van der Waals surface area contributed by atoms with Crippen molar-refractivity contribution in [1.82, 2.24) is 16.0 Å². The number of nitrogens with one attached hydrogen (secondary N) is 3. The van der Waals surface area contributed by atoms with Crippen LogP contribution in [0.3, 0.4) is 0 Å². The first kappa shape index (κ1) is 30.9. The van der Waals surface area contributed by atoms with Gasteiger partial charge in [0.1, 0.15) is 30.0 Å². The largest absolute Gasteiger partial charge is 0.467 e. The maximum atomic E-state index is 12.8. The lowest BCUT2D eigenvalue weighted by molar-refractivity contribution is -0.144. The van der Waals surface area contributed by atoms with Gasteiger partial charge >= 0.3 is 24.1 Å². The molecule has 37 heavy (non-hydrogen) atoms. The van der Waals surface area contributed by atoms with Crippen LogP contribution in [0.5, 0.6) is 0 Å². The standard InChI is InChI=1S/C25H35N3O9/c1-16(21(30)34-5)26-20(29)18(27-23(32)36-15-17-11-8-7-9-12-17)13-10-14-19(22(31)35-6)28-24(33)37-25(2,3)4/h7-9,11-12,14,16,18H,10,13,15H2,1-6H3,(H,26,29)(H,27,32)(H,28,33)/b19-14-/t16-,18+/m1/s1. The first-order valence-electron chi connectivity index (χ1n) is 11.5. The van der Waals surface area contributed by atoms with E-state index in [4.69, 9.17) is 9.47 Å². The van der Waals surface area contributed by atoms with Crippen LogP contribution in [-0.2, 0) is 39.9 Å². The lowest BCUT2D eigenvalue weighted by Crippen LogP contribution is -2.51. The minimum atomic E-state index is -1.15. The van der Waals surface area contributed by atoms with E-state index < -0.39 is 47.7 Å². The summed E-state index contributed by atoms with van der Waals surface area (Å²) in [7, 11) is 2.32. The van der Waals surface area contributed by atoms with Crippen LogP contribution < -0.4 is 16.0 Å². The lowest BCUT2D eigenvalue weighted by atomic mass is 10.1. The topological polar surface area (TPSA) is 158 Å². The van der Waals surface area contributed by atoms with Crippen molar-refractivity contribution in [3.8, 4) is 0 Å². The molecule has 12 nitrogen and oxygen atoms in total. The highest BCUT2D eigenvalue weighted by atomic mass is 16.6. The van der Waals surface area contributed by atoms with Crippen LogP contribution in [0.2, 0.25) is 0 Å². The van der Waals surface area contributed by atoms with Crippen molar-refractivity contribution in [3.05, 3.63) is 47.7 Å². The number of carbonyl (C=O) groups is 5. The molecule has 0 aliphatic heterocycles. The van der Waals surface area contributed by atoms with Crippen LogP contribution in [0.4, 0.5) is 9.59 Å². The Kier molecular flexibility index (Phi) is 12.6. The first-order chi connectivity index (χ1) is 17.4. The van der Waals surface area contributed by atoms with Gasteiger partial charge in [-0.1, -0.05) is 36.4 Å². The Morgan fingerprint density at radius 1 is 0.946 bits per heavy atom. The van der Waals surface area contributed by atoms with Crippen molar-refractivity contribution in [3.63, 3.8) is 0 Å². The van der Waals surface area contributed by atoms with E-state index in [1.54, 1.807) is 45.0 Å². The molecule has 12 heteroatoms. The van der Waals surface area contributed by atoms with Gasteiger partial charge in [-0.05, 0) is 46.1 Å². The zero-order valence-electron chi connectivity index (χ0n) is 21.9. The van der Waals surface area contributed by atoms with Crippen molar-refractivity contribution >= 4 is 30.0 Å². The zero-order chi connectivity index (χ0) is 28.0. The Hall–Kier alpha value is -4.09. The summed E-state index contributed by atoms with van der Waals surface area (Å²) >= 11 is 0. The molecule has 0 fully saturated rings. The Morgan fingerprint density at radius 3 is 2.16 bits per heavy atom. The quantitative estimate of drug-likeness (QED) is 0.226. The van der Waals surface area contributed by atoms with E-state index in [1.807, 2.05) is 6.07 Å². The van der Waals surface area contributed by atoms with E-state index in [0.717, 1.165) is 12.7 Å². The van der Waals surface area contributed by atoms with Crippen LogP contribution in [0.1, 0.15) is 46.1 Å². The summed E-state index contributed by atoms with van der Waals surface area (Å²) in [4.78, 5) is 61.0. The van der Waals surface area contributed by atoms with Gasteiger partial charge in [-0.3, -0.25) is 10.1 Å². The molecule has 2 atom stereocenters. The van der Waals surface area contributed by atoms with Crippen molar-refractivity contribution in [2.24, 2.45) is 0 Å². The molecule has 0 unspecified atom stereocenters. The van der Waals surface area contributed by atoms with Crippen LogP contribution in [0, 0.1) is 0 Å². The van der Waals surface area contributed by atoms with Gasteiger partial charge in [-0.2, -0.15) is 0 Å². The van der Waals surface area contributed by atoms with Gasteiger partial charge < -0.3 is 29.6 Å². The van der Waals surface area contributed by atoms with Gasteiger partial charge in [-0.15, -0.1) is 0 Å². The molecule has 0 saturated carbocycles. The van der Waals surface area contributed by atoms with Gasteiger partial charge in [0, 0.05) is 0 Å². The molecule has 0 bridgehead atoms. The molecule has 1 aromatic rings. The Bertz CT molecular complexity index is 971. The Balaban J connectivity index is 2.93. The van der Waals surface area contributed by atoms with Gasteiger partial charge in [0.15, 0.2) is 0 Å². The van der Waals surface area contributed by atoms with E-state index >= 15 is 0 Å². The smallest absolute Gasteiger partial charge is 0.412 e. The number of methoxy groups -OCH3 is 2. The molecular formula is C25H35N3O9. The molecule has 1 rings (SSSR count). The average Bonchev–Trinajstić information content (AvgIpc) is 2.84. The van der Waals surface area contributed by atoms with Crippen molar-refractivity contribution in [2.45, 2.75) is 64.8 Å². The molecule has 0 heterocycles. The predicted octanol–water partition coefficient (Wildman–Crippen LogP) is 2.32. The number of alkyl carbamates (subject to hydrolysis) is 2. The first-order valence-corrected chi connectivity index (χ1v) is 11.5. The second-order valence-electron chi connectivity index (χ2n) is 8.83. The molecule has 0 aliphatic rings. The number of benzene rings is 1. The lowest BCUT2D eigenvalue weighted by Gasteiger charge is -2.21. The number of amides is 3. The summed E-state index contributed by atoms with van der Waals surface area (Å²) in [5, 5.41) is 7.22. The second-order valence-corrected chi connectivity index (χ2v) is 8.83. The number of rotatable bonds is 11. The fourth-order valence-electron chi connectivity index (χ4n) is 2.83. The van der Waals surface area contributed by atoms with Crippen LogP contribution in [0.15, 0.2) is 42.1 Å². The SMILES string of the molecule is COC(=O)/C(=C/CC[C@H](NC(=O)OCc1ccccc1)C(=O)N[C@H](C)C(=O)OC)NC(=O)OC(C)(C)C. The molecule has 3 amide bonds. The summed E-state index contributed by atoms with van der Waals surface area (Å²) in [5.41, 5.74) is -0.253. The van der Waals surface area contributed by atoms with E-state index in [1.165, 1.54) is 20.1 Å². The molecule has 3 N–H and O–H groups in total. The van der Waals surface area contributed by atoms with E-state index in [9.17, 15) is 24.0 Å². The number of esters is 2. The van der Waals surface area contributed by atoms with Crippen molar-refractivity contribution in [1.29, 1.82) is 0 Å². The highest BCUT2D eigenvalue weighted by Gasteiger charge is 2.26. The minimum Gasteiger partial charge on any atom is -0.467 e. The highest BCUT2D eigenvalue weighted by molar-refractivity contribution is 5.92. The van der Waals surface area contributed by atoms with Crippen molar-refractivity contribution in [2.75, 3.05) is 14.2 Å². The molecule has 204 valence electrons. The number of carbonyl (C=O) groups excluding carboxylic acids is 5. The third-order valence-electron chi connectivity index (χ3n) is 4.58.